The first-order valence-corrected chi connectivity index (χ1v) is 7.91. The van der Waals surface area contributed by atoms with Gasteiger partial charge in [0, 0.05) is 12.1 Å². The third-order valence-electron chi connectivity index (χ3n) is 3.22. The molecule has 1 heterocycles. The highest BCUT2D eigenvalue weighted by Gasteiger charge is 2.17. The molecule has 20 heavy (non-hydrogen) atoms. The minimum atomic E-state index is -3.51. The summed E-state index contributed by atoms with van der Waals surface area (Å²) in [5, 5.41) is 0. The Balaban J connectivity index is 2.21. The fourth-order valence-corrected chi connectivity index (χ4v) is 3.44. The van der Waals surface area contributed by atoms with Gasteiger partial charge in [-0.2, -0.15) is 0 Å². The van der Waals surface area contributed by atoms with Crippen molar-refractivity contribution in [2.75, 3.05) is 0 Å². The summed E-state index contributed by atoms with van der Waals surface area (Å²) >= 11 is 0. The zero-order valence-electron chi connectivity index (χ0n) is 12.1. The SMILES string of the molecule is Cc1ccc(S(=O)(=O)NCc2cc(C)oc2C)c(C)c1. The van der Waals surface area contributed by atoms with Gasteiger partial charge >= 0.3 is 0 Å². The van der Waals surface area contributed by atoms with Gasteiger partial charge in [0.2, 0.25) is 10.0 Å². The first-order valence-electron chi connectivity index (χ1n) is 6.42. The molecule has 5 heteroatoms. The molecule has 0 saturated heterocycles. The van der Waals surface area contributed by atoms with E-state index in [0.29, 0.717) is 4.90 Å². The molecule has 0 aliphatic carbocycles. The van der Waals surface area contributed by atoms with E-state index in [9.17, 15) is 8.42 Å². The highest BCUT2D eigenvalue weighted by molar-refractivity contribution is 7.89. The number of aryl methyl sites for hydroxylation is 4. The van der Waals surface area contributed by atoms with E-state index in [2.05, 4.69) is 4.72 Å². The maximum absolute atomic E-state index is 12.3. The summed E-state index contributed by atoms with van der Waals surface area (Å²) in [6.45, 7) is 7.64. The van der Waals surface area contributed by atoms with Crippen molar-refractivity contribution in [2.24, 2.45) is 0 Å². The van der Waals surface area contributed by atoms with Gasteiger partial charge < -0.3 is 4.42 Å². The molecule has 0 amide bonds. The number of rotatable bonds is 4. The Kier molecular flexibility index (Phi) is 4.01. The van der Waals surface area contributed by atoms with Gasteiger partial charge in [-0.25, -0.2) is 13.1 Å². The number of benzene rings is 1. The Morgan fingerprint density at radius 3 is 2.35 bits per heavy atom. The molecule has 1 aromatic heterocycles. The minimum Gasteiger partial charge on any atom is -0.466 e. The van der Waals surface area contributed by atoms with E-state index in [0.717, 1.165) is 28.2 Å². The highest BCUT2D eigenvalue weighted by Crippen LogP contribution is 2.18. The second kappa shape index (κ2) is 5.42. The fraction of sp³-hybridized carbons (Fsp3) is 0.333. The van der Waals surface area contributed by atoms with Crippen molar-refractivity contribution in [3.63, 3.8) is 0 Å². The normalized spacial score (nSPS) is 11.8. The average molecular weight is 293 g/mol. The third-order valence-corrected chi connectivity index (χ3v) is 4.78. The number of sulfonamides is 1. The summed E-state index contributed by atoms with van der Waals surface area (Å²) in [7, 11) is -3.51. The Labute approximate surface area is 119 Å². The van der Waals surface area contributed by atoms with Gasteiger partial charge in [-0.1, -0.05) is 17.7 Å². The van der Waals surface area contributed by atoms with Crippen molar-refractivity contribution in [3.05, 3.63) is 52.5 Å². The Morgan fingerprint density at radius 1 is 1.10 bits per heavy atom. The molecule has 0 spiro atoms. The Bertz CT molecular complexity index is 730. The summed E-state index contributed by atoms with van der Waals surface area (Å²) in [5.74, 6) is 1.52. The lowest BCUT2D eigenvalue weighted by molar-refractivity contribution is 0.500. The zero-order chi connectivity index (χ0) is 14.9. The zero-order valence-corrected chi connectivity index (χ0v) is 13.0. The van der Waals surface area contributed by atoms with Crippen molar-refractivity contribution in [1.29, 1.82) is 0 Å². The van der Waals surface area contributed by atoms with E-state index in [1.54, 1.807) is 19.1 Å². The van der Waals surface area contributed by atoms with Crippen LogP contribution in [0, 0.1) is 27.7 Å². The van der Waals surface area contributed by atoms with Crippen LogP contribution in [0.2, 0.25) is 0 Å². The largest absolute Gasteiger partial charge is 0.466 e. The molecule has 0 aliphatic rings. The summed E-state index contributed by atoms with van der Waals surface area (Å²) in [6.07, 6.45) is 0. The Morgan fingerprint density at radius 2 is 1.80 bits per heavy atom. The van der Waals surface area contributed by atoms with Crippen LogP contribution in [0.4, 0.5) is 0 Å². The van der Waals surface area contributed by atoms with Gasteiger partial charge in [-0.3, -0.25) is 0 Å². The van der Waals surface area contributed by atoms with Crippen molar-refractivity contribution >= 4 is 10.0 Å². The van der Waals surface area contributed by atoms with Gasteiger partial charge in [0.1, 0.15) is 11.5 Å². The molecule has 108 valence electrons. The highest BCUT2D eigenvalue weighted by atomic mass is 32.2. The second-order valence-corrected chi connectivity index (χ2v) is 6.77. The van der Waals surface area contributed by atoms with Crippen LogP contribution >= 0.6 is 0 Å². The van der Waals surface area contributed by atoms with Crippen molar-refractivity contribution in [2.45, 2.75) is 39.1 Å². The monoisotopic (exact) mass is 293 g/mol. The number of furan rings is 1. The number of hydrogen-bond acceptors (Lipinski definition) is 3. The van der Waals surface area contributed by atoms with Crippen LogP contribution in [0.15, 0.2) is 33.6 Å². The molecule has 0 bridgehead atoms. The van der Waals surface area contributed by atoms with Crippen LogP contribution in [0.5, 0.6) is 0 Å². The maximum atomic E-state index is 12.3. The Hall–Kier alpha value is -1.59. The molecule has 0 fully saturated rings. The predicted octanol–water partition coefficient (Wildman–Crippen LogP) is 2.99. The first-order chi connectivity index (χ1) is 9.29. The molecule has 0 saturated carbocycles. The van der Waals surface area contributed by atoms with E-state index in [-0.39, 0.29) is 6.54 Å². The standard InChI is InChI=1S/C15H19NO3S/c1-10-5-6-15(11(2)7-10)20(17,18)16-9-14-8-12(3)19-13(14)4/h5-8,16H,9H2,1-4H3. The van der Waals surface area contributed by atoms with E-state index in [4.69, 9.17) is 4.42 Å². The van der Waals surface area contributed by atoms with E-state index in [1.807, 2.05) is 32.9 Å². The van der Waals surface area contributed by atoms with Crippen LogP contribution < -0.4 is 4.72 Å². The van der Waals surface area contributed by atoms with E-state index >= 15 is 0 Å². The fourth-order valence-electron chi connectivity index (χ4n) is 2.21. The second-order valence-electron chi connectivity index (χ2n) is 5.03. The molecule has 1 aromatic carbocycles. The molecule has 2 rings (SSSR count). The van der Waals surface area contributed by atoms with Gasteiger partial charge in [0.25, 0.3) is 0 Å². The average Bonchev–Trinajstić information content (AvgIpc) is 2.65. The van der Waals surface area contributed by atoms with Crippen molar-refractivity contribution in [3.8, 4) is 0 Å². The molecule has 0 atom stereocenters. The summed E-state index contributed by atoms with van der Waals surface area (Å²) in [5.41, 5.74) is 2.65. The van der Waals surface area contributed by atoms with E-state index in [1.165, 1.54) is 0 Å². The summed E-state index contributed by atoms with van der Waals surface area (Å²) in [4.78, 5) is 0.320. The summed E-state index contributed by atoms with van der Waals surface area (Å²) in [6, 6.07) is 7.15. The third kappa shape index (κ3) is 3.11. The molecule has 0 aliphatic heterocycles. The predicted molar refractivity (Wildman–Crippen MR) is 78.1 cm³/mol. The maximum Gasteiger partial charge on any atom is 0.241 e. The molecule has 2 aromatic rings. The first kappa shape index (κ1) is 14.8. The molecule has 0 radical (unpaired) electrons. The van der Waals surface area contributed by atoms with Crippen molar-refractivity contribution < 1.29 is 12.8 Å². The number of hydrogen-bond donors (Lipinski definition) is 1. The smallest absolute Gasteiger partial charge is 0.241 e. The molecular weight excluding hydrogens is 274 g/mol. The van der Waals surface area contributed by atoms with Gasteiger partial charge in [0.05, 0.1) is 4.90 Å². The van der Waals surface area contributed by atoms with Crippen LogP contribution in [-0.2, 0) is 16.6 Å². The minimum absolute atomic E-state index is 0.235. The quantitative estimate of drug-likeness (QED) is 0.942. The summed E-state index contributed by atoms with van der Waals surface area (Å²) < 4.78 is 32.6. The lowest BCUT2D eigenvalue weighted by Gasteiger charge is -2.09. The number of nitrogens with one attached hydrogen (secondary N) is 1. The lowest BCUT2D eigenvalue weighted by Crippen LogP contribution is -2.24. The van der Waals surface area contributed by atoms with Crippen LogP contribution in [0.25, 0.3) is 0 Å². The van der Waals surface area contributed by atoms with Crippen LogP contribution in [0.1, 0.15) is 28.2 Å². The molecule has 4 nitrogen and oxygen atoms in total. The molecule has 0 unspecified atom stereocenters. The molecular formula is C15H19NO3S. The lowest BCUT2D eigenvalue weighted by atomic mass is 10.2. The van der Waals surface area contributed by atoms with Gasteiger partial charge in [-0.15, -0.1) is 0 Å². The van der Waals surface area contributed by atoms with Gasteiger partial charge in [0.15, 0.2) is 0 Å². The van der Waals surface area contributed by atoms with Crippen LogP contribution in [-0.4, -0.2) is 8.42 Å². The van der Waals surface area contributed by atoms with Gasteiger partial charge in [-0.05, 0) is 45.4 Å². The van der Waals surface area contributed by atoms with E-state index < -0.39 is 10.0 Å². The topological polar surface area (TPSA) is 59.3 Å². The van der Waals surface area contributed by atoms with Crippen LogP contribution in [0.3, 0.4) is 0 Å². The molecule has 1 N–H and O–H groups in total. The van der Waals surface area contributed by atoms with Crippen molar-refractivity contribution in [1.82, 2.24) is 4.72 Å².